The zero-order chi connectivity index (χ0) is 14.7. The van der Waals surface area contributed by atoms with E-state index in [9.17, 15) is 0 Å². The summed E-state index contributed by atoms with van der Waals surface area (Å²) in [5.74, 6) is 0.908. The predicted molar refractivity (Wildman–Crippen MR) is 83.5 cm³/mol. The minimum Gasteiger partial charge on any atom is -0.497 e. The van der Waals surface area contributed by atoms with Crippen LogP contribution in [0.4, 0.5) is 0 Å². The topological polar surface area (TPSA) is 39.1 Å². The minimum absolute atomic E-state index is 0.528. The minimum atomic E-state index is 0.528. The van der Waals surface area contributed by atoms with Crippen LogP contribution in [0, 0.1) is 0 Å². The number of rotatable bonds is 5. The molecule has 112 valence electrons. The molecule has 2 aromatic rings. The van der Waals surface area contributed by atoms with Crippen molar-refractivity contribution in [3.8, 4) is 5.75 Å². The van der Waals surface area contributed by atoms with Crippen molar-refractivity contribution in [2.24, 2.45) is 0 Å². The first-order valence-corrected chi connectivity index (χ1v) is 7.69. The van der Waals surface area contributed by atoms with Crippen LogP contribution in [0.3, 0.4) is 0 Å². The molecule has 0 aliphatic heterocycles. The van der Waals surface area contributed by atoms with Gasteiger partial charge in [0.1, 0.15) is 5.75 Å². The number of imidazole rings is 1. The molecule has 21 heavy (non-hydrogen) atoms. The van der Waals surface area contributed by atoms with Gasteiger partial charge in [-0.05, 0) is 37.5 Å². The van der Waals surface area contributed by atoms with Crippen LogP contribution in [-0.4, -0.2) is 22.7 Å². The van der Waals surface area contributed by atoms with Gasteiger partial charge in [-0.2, -0.15) is 0 Å². The van der Waals surface area contributed by atoms with Crippen LogP contribution in [0.25, 0.3) is 0 Å². The molecule has 0 saturated heterocycles. The van der Waals surface area contributed by atoms with E-state index in [1.54, 1.807) is 7.11 Å². The van der Waals surface area contributed by atoms with Crippen molar-refractivity contribution in [3.05, 3.63) is 47.5 Å². The number of methoxy groups -OCH3 is 1. The molecule has 1 heterocycles. The Bertz CT molecular complexity index is 589. The maximum atomic E-state index is 5.18. The number of benzene rings is 1. The molecule has 1 aliphatic rings. The smallest absolute Gasteiger partial charge is 0.118 e. The Morgan fingerprint density at radius 2 is 2.14 bits per heavy atom. The number of fused-ring (bicyclic) bond motifs is 1. The molecule has 0 bridgehead atoms. The lowest BCUT2D eigenvalue weighted by molar-refractivity contribution is 0.414. The Balaban J connectivity index is 1.57. The SMILES string of the molecule is CCn1cnc2c1CCC(NCc1ccc(OC)cc1)C2. The number of hydrogen-bond donors (Lipinski definition) is 1. The molecule has 1 aromatic heterocycles. The second kappa shape index (κ2) is 6.31. The van der Waals surface area contributed by atoms with E-state index in [1.165, 1.54) is 23.4 Å². The summed E-state index contributed by atoms with van der Waals surface area (Å²) in [5.41, 5.74) is 4.00. The fourth-order valence-corrected chi connectivity index (χ4v) is 3.01. The zero-order valence-corrected chi connectivity index (χ0v) is 12.8. The number of aryl methyl sites for hydroxylation is 1. The highest BCUT2D eigenvalue weighted by Gasteiger charge is 2.21. The van der Waals surface area contributed by atoms with E-state index in [1.807, 2.05) is 18.5 Å². The molecule has 1 atom stereocenters. The van der Waals surface area contributed by atoms with Crippen LogP contribution < -0.4 is 10.1 Å². The van der Waals surface area contributed by atoms with Crippen LogP contribution in [0.5, 0.6) is 5.75 Å². The monoisotopic (exact) mass is 285 g/mol. The molecule has 4 nitrogen and oxygen atoms in total. The summed E-state index contributed by atoms with van der Waals surface area (Å²) in [7, 11) is 1.70. The normalized spacial score (nSPS) is 17.5. The van der Waals surface area contributed by atoms with Gasteiger partial charge < -0.3 is 14.6 Å². The summed E-state index contributed by atoms with van der Waals surface area (Å²) < 4.78 is 7.46. The van der Waals surface area contributed by atoms with Gasteiger partial charge in [0.05, 0.1) is 19.1 Å². The van der Waals surface area contributed by atoms with Crippen molar-refractivity contribution in [1.82, 2.24) is 14.9 Å². The maximum absolute atomic E-state index is 5.18. The standard InChI is InChI=1S/C17H23N3O/c1-3-20-12-19-16-10-14(6-9-17(16)20)18-11-13-4-7-15(21-2)8-5-13/h4-5,7-8,12,14,18H,3,6,9-11H2,1-2H3. The summed E-state index contributed by atoms with van der Waals surface area (Å²) in [6, 6.07) is 8.79. The first kappa shape index (κ1) is 14.1. The first-order chi connectivity index (χ1) is 10.3. The maximum Gasteiger partial charge on any atom is 0.118 e. The molecule has 3 rings (SSSR count). The van der Waals surface area contributed by atoms with E-state index in [0.29, 0.717) is 6.04 Å². The van der Waals surface area contributed by atoms with Crippen LogP contribution >= 0.6 is 0 Å². The summed E-state index contributed by atoms with van der Waals surface area (Å²) in [4.78, 5) is 4.56. The molecular formula is C17H23N3O. The van der Waals surface area contributed by atoms with E-state index >= 15 is 0 Å². The molecule has 0 saturated carbocycles. The summed E-state index contributed by atoms with van der Waals surface area (Å²) in [6.45, 7) is 4.10. The molecule has 0 amide bonds. The highest BCUT2D eigenvalue weighted by atomic mass is 16.5. The largest absolute Gasteiger partial charge is 0.497 e. The lowest BCUT2D eigenvalue weighted by Gasteiger charge is -2.23. The van der Waals surface area contributed by atoms with Crippen molar-refractivity contribution in [1.29, 1.82) is 0 Å². The van der Waals surface area contributed by atoms with Gasteiger partial charge in [0, 0.05) is 31.2 Å². The van der Waals surface area contributed by atoms with E-state index in [2.05, 4.69) is 33.9 Å². The highest BCUT2D eigenvalue weighted by molar-refractivity contribution is 5.27. The van der Waals surface area contributed by atoms with Gasteiger partial charge in [-0.1, -0.05) is 12.1 Å². The highest BCUT2D eigenvalue weighted by Crippen LogP contribution is 2.21. The van der Waals surface area contributed by atoms with E-state index in [0.717, 1.165) is 31.7 Å². The molecule has 0 radical (unpaired) electrons. The molecule has 4 heteroatoms. The van der Waals surface area contributed by atoms with Gasteiger partial charge in [-0.25, -0.2) is 4.98 Å². The number of hydrogen-bond acceptors (Lipinski definition) is 3. The number of aromatic nitrogens is 2. The quantitative estimate of drug-likeness (QED) is 0.917. The second-order valence-electron chi connectivity index (χ2n) is 5.59. The second-order valence-corrected chi connectivity index (χ2v) is 5.59. The zero-order valence-electron chi connectivity index (χ0n) is 12.8. The summed E-state index contributed by atoms with van der Waals surface area (Å²) in [5, 5.41) is 3.65. The fourth-order valence-electron chi connectivity index (χ4n) is 3.01. The van der Waals surface area contributed by atoms with Gasteiger partial charge in [0.25, 0.3) is 0 Å². The van der Waals surface area contributed by atoms with Crippen molar-refractivity contribution < 1.29 is 4.74 Å². The van der Waals surface area contributed by atoms with Gasteiger partial charge in [-0.15, -0.1) is 0 Å². The molecule has 1 aromatic carbocycles. The first-order valence-electron chi connectivity index (χ1n) is 7.69. The molecule has 1 aliphatic carbocycles. The Morgan fingerprint density at radius 1 is 1.33 bits per heavy atom. The number of nitrogens with zero attached hydrogens (tertiary/aromatic N) is 2. The molecule has 1 N–H and O–H groups in total. The van der Waals surface area contributed by atoms with Gasteiger partial charge in [0.15, 0.2) is 0 Å². The van der Waals surface area contributed by atoms with Crippen LogP contribution in [0.1, 0.15) is 30.3 Å². The van der Waals surface area contributed by atoms with Crippen molar-refractivity contribution in [2.75, 3.05) is 7.11 Å². The van der Waals surface area contributed by atoms with Crippen LogP contribution in [0.2, 0.25) is 0 Å². The third-order valence-corrected chi connectivity index (χ3v) is 4.30. The number of ether oxygens (including phenoxy) is 1. The third-order valence-electron chi connectivity index (χ3n) is 4.30. The van der Waals surface area contributed by atoms with Gasteiger partial charge in [0.2, 0.25) is 0 Å². The van der Waals surface area contributed by atoms with Gasteiger partial charge in [-0.3, -0.25) is 0 Å². The van der Waals surface area contributed by atoms with Crippen LogP contribution in [0.15, 0.2) is 30.6 Å². The van der Waals surface area contributed by atoms with Gasteiger partial charge >= 0.3 is 0 Å². The van der Waals surface area contributed by atoms with E-state index in [4.69, 9.17) is 4.74 Å². The third kappa shape index (κ3) is 3.10. The van der Waals surface area contributed by atoms with Crippen molar-refractivity contribution >= 4 is 0 Å². The Kier molecular flexibility index (Phi) is 4.25. The van der Waals surface area contributed by atoms with Crippen LogP contribution in [-0.2, 0) is 25.9 Å². The van der Waals surface area contributed by atoms with E-state index in [-0.39, 0.29) is 0 Å². The average Bonchev–Trinajstić information content (AvgIpc) is 2.95. The van der Waals surface area contributed by atoms with Crippen molar-refractivity contribution in [3.63, 3.8) is 0 Å². The Labute approximate surface area is 126 Å². The lowest BCUT2D eigenvalue weighted by Crippen LogP contribution is -2.34. The molecule has 0 spiro atoms. The molecule has 1 unspecified atom stereocenters. The number of nitrogens with one attached hydrogen (secondary N) is 1. The Morgan fingerprint density at radius 3 is 2.86 bits per heavy atom. The van der Waals surface area contributed by atoms with E-state index < -0.39 is 0 Å². The lowest BCUT2D eigenvalue weighted by atomic mass is 9.95. The summed E-state index contributed by atoms with van der Waals surface area (Å²) >= 11 is 0. The fraction of sp³-hybridized carbons (Fsp3) is 0.471. The molecule has 0 fully saturated rings. The molecular weight excluding hydrogens is 262 g/mol. The van der Waals surface area contributed by atoms with Crippen molar-refractivity contribution in [2.45, 2.75) is 45.3 Å². The Hall–Kier alpha value is -1.81. The average molecular weight is 285 g/mol. The predicted octanol–water partition coefficient (Wildman–Crippen LogP) is 2.56. The summed E-state index contributed by atoms with van der Waals surface area (Å²) in [6.07, 6.45) is 5.34.